The van der Waals surface area contributed by atoms with E-state index < -0.39 is 0 Å². The Labute approximate surface area is 128 Å². The van der Waals surface area contributed by atoms with E-state index in [9.17, 15) is 4.79 Å². The molecule has 0 N–H and O–H groups in total. The Morgan fingerprint density at radius 1 is 1.40 bits per heavy atom. The first kappa shape index (κ1) is 13.7. The van der Waals surface area contributed by atoms with Gasteiger partial charge in [0, 0.05) is 22.2 Å². The molecule has 0 saturated heterocycles. The molecular weight excluding hydrogens is 290 g/mol. The van der Waals surface area contributed by atoms with E-state index in [0.29, 0.717) is 16.6 Å². The second-order valence-electron chi connectivity index (χ2n) is 5.16. The lowest BCUT2D eigenvalue weighted by Gasteiger charge is -2.24. The summed E-state index contributed by atoms with van der Waals surface area (Å²) in [7, 11) is 0. The van der Waals surface area contributed by atoms with E-state index in [2.05, 4.69) is 22.4 Å². The number of hydrogen-bond donors (Lipinski definition) is 0. The molecule has 0 spiro atoms. The number of halogens is 1. The molecule has 0 aliphatic heterocycles. The van der Waals surface area contributed by atoms with E-state index in [-0.39, 0.29) is 5.78 Å². The summed E-state index contributed by atoms with van der Waals surface area (Å²) in [5.74, 6) is 0.0118. The first-order valence-corrected chi connectivity index (χ1v) is 8.00. The van der Waals surface area contributed by atoms with E-state index in [0.717, 1.165) is 12.2 Å². The summed E-state index contributed by atoms with van der Waals surface area (Å²) in [5, 5.41) is 2.65. The molecule has 1 aromatic carbocycles. The Morgan fingerprint density at radius 3 is 2.75 bits per heavy atom. The third kappa shape index (κ3) is 2.89. The van der Waals surface area contributed by atoms with Crippen LogP contribution in [0.4, 0.5) is 5.69 Å². The van der Waals surface area contributed by atoms with Crippen molar-refractivity contribution in [2.75, 3.05) is 4.90 Å². The van der Waals surface area contributed by atoms with Crippen molar-refractivity contribution < 1.29 is 4.79 Å². The second kappa shape index (κ2) is 5.58. The van der Waals surface area contributed by atoms with Crippen LogP contribution in [0.5, 0.6) is 0 Å². The van der Waals surface area contributed by atoms with E-state index in [1.807, 2.05) is 18.2 Å². The molecule has 0 radical (unpaired) electrons. The number of hydrogen-bond acceptors (Lipinski definition) is 3. The van der Waals surface area contributed by atoms with E-state index >= 15 is 0 Å². The number of anilines is 1. The standard InChI is InChI=1S/C16H16ClNOS/c1-11(19)15-7-6-13(9-16(15)17)18(12-4-5-12)10-14-3-2-8-20-14/h2-3,6-9,12H,4-5,10H2,1H3. The quantitative estimate of drug-likeness (QED) is 0.741. The largest absolute Gasteiger partial charge is 0.363 e. The van der Waals surface area contributed by atoms with E-state index in [1.165, 1.54) is 17.7 Å². The molecule has 0 atom stereocenters. The molecule has 0 unspecified atom stereocenters. The second-order valence-corrected chi connectivity index (χ2v) is 6.60. The molecule has 0 bridgehead atoms. The number of carbonyl (C=O) groups is 1. The maximum absolute atomic E-state index is 11.5. The first-order valence-electron chi connectivity index (χ1n) is 6.74. The summed E-state index contributed by atoms with van der Waals surface area (Å²) < 4.78 is 0. The van der Waals surface area contributed by atoms with Crippen molar-refractivity contribution >= 4 is 34.4 Å². The number of rotatable bonds is 5. The summed E-state index contributed by atoms with van der Waals surface area (Å²) in [6.45, 7) is 2.46. The molecule has 2 aromatic rings. The fourth-order valence-electron chi connectivity index (χ4n) is 2.36. The SMILES string of the molecule is CC(=O)c1ccc(N(Cc2cccs2)C2CC2)cc1Cl. The van der Waals surface area contributed by atoms with Gasteiger partial charge < -0.3 is 4.90 Å². The molecule has 104 valence electrons. The van der Waals surface area contributed by atoms with Gasteiger partial charge in [0.15, 0.2) is 5.78 Å². The summed E-state index contributed by atoms with van der Waals surface area (Å²) in [5.41, 5.74) is 1.71. The van der Waals surface area contributed by atoms with E-state index in [4.69, 9.17) is 11.6 Å². The smallest absolute Gasteiger partial charge is 0.161 e. The van der Waals surface area contributed by atoms with Crippen molar-refractivity contribution in [2.45, 2.75) is 32.4 Å². The van der Waals surface area contributed by atoms with Gasteiger partial charge in [-0.2, -0.15) is 0 Å². The lowest BCUT2D eigenvalue weighted by molar-refractivity contribution is 0.101. The van der Waals surface area contributed by atoms with Gasteiger partial charge in [-0.3, -0.25) is 4.79 Å². The molecule has 1 fully saturated rings. The predicted molar refractivity (Wildman–Crippen MR) is 85.0 cm³/mol. The fourth-order valence-corrected chi connectivity index (χ4v) is 3.37. The highest BCUT2D eigenvalue weighted by molar-refractivity contribution is 7.09. The Kier molecular flexibility index (Phi) is 3.81. The van der Waals surface area contributed by atoms with Gasteiger partial charge in [0.1, 0.15) is 0 Å². The van der Waals surface area contributed by atoms with Crippen LogP contribution >= 0.6 is 22.9 Å². The van der Waals surface area contributed by atoms with Crippen LogP contribution < -0.4 is 4.90 Å². The van der Waals surface area contributed by atoms with Gasteiger partial charge >= 0.3 is 0 Å². The third-order valence-electron chi connectivity index (χ3n) is 3.56. The maximum atomic E-state index is 11.5. The van der Waals surface area contributed by atoms with Gasteiger partial charge in [-0.1, -0.05) is 17.7 Å². The Balaban J connectivity index is 1.88. The highest BCUT2D eigenvalue weighted by Gasteiger charge is 2.29. The third-order valence-corrected chi connectivity index (χ3v) is 4.73. The average Bonchev–Trinajstić information content (AvgIpc) is 3.12. The van der Waals surface area contributed by atoms with Crippen molar-refractivity contribution in [2.24, 2.45) is 0 Å². The molecule has 4 heteroatoms. The van der Waals surface area contributed by atoms with Gasteiger partial charge in [0.25, 0.3) is 0 Å². The van der Waals surface area contributed by atoms with Gasteiger partial charge in [-0.25, -0.2) is 0 Å². The zero-order valence-electron chi connectivity index (χ0n) is 11.3. The molecular formula is C16H16ClNOS. The van der Waals surface area contributed by atoms with Crippen LogP contribution in [-0.2, 0) is 6.54 Å². The highest BCUT2D eigenvalue weighted by atomic mass is 35.5. The minimum Gasteiger partial charge on any atom is -0.363 e. The van der Waals surface area contributed by atoms with Crippen molar-refractivity contribution in [1.29, 1.82) is 0 Å². The number of carbonyl (C=O) groups excluding carboxylic acids is 1. The number of ketones is 1. The fraction of sp³-hybridized carbons (Fsp3) is 0.312. The van der Waals surface area contributed by atoms with Crippen LogP contribution in [0.2, 0.25) is 5.02 Å². The van der Waals surface area contributed by atoms with Crippen LogP contribution in [-0.4, -0.2) is 11.8 Å². The first-order chi connectivity index (χ1) is 9.65. The minimum absolute atomic E-state index is 0.0118. The topological polar surface area (TPSA) is 20.3 Å². The summed E-state index contributed by atoms with van der Waals surface area (Å²) in [6.07, 6.45) is 2.47. The van der Waals surface area contributed by atoms with Gasteiger partial charge in [0.2, 0.25) is 0 Å². The van der Waals surface area contributed by atoms with Gasteiger partial charge in [0.05, 0.1) is 11.6 Å². The molecule has 0 amide bonds. The van der Waals surface area contributed by atoms with Crippen LogP contribution in [0.15, 0.2) is 35.7 Å². The molecule has 2 nitrogen and oxygen atoms in total. The molecule has 1 aliphatic carbocycles. The molecule has 3 rings (SSSR count). The number of thiophene rings is 1. The molecule has 1 saturated carbocycles. The highest BCUT2D eigenvalue weighted by Crippen LogP contribution is 2.35. The Bertz CT molecular complexity index is 619. The Hall–Kier alpha value is -1.32. The van der Waals surface area contributed by atoms with Crippen LogP contribution in [0.3, 0.4) is 0 Å². The van der Waals surface area contributed by atoms with Gasteiger partial charge in [-0.05, 0) is 49.4 Å². The van der Waals surface area contributed by atoms with Crippen LogP contribution in [0, 0.1) is 0 Å². The Morgan fingerprint density at radius 2 is 2.20 bits per heavy atom. The average molecular weight is 306 g/mol. The minimum atomic E-state index is 0.0118. The van der Waals surface area contributed by atoms with E-state index in [1.54, 1.807) is 18.3 Å². The summed E-state index contributed by atoms with van der Waals surface area (Å²) in [6, 6.07) is 10.6. The monoisotopic (exact) mass is 305 g/mol. The summed E-state index contributed by atoms with van der Waals surface area (Å²) in [4.78, 5) is 15.2. The van der Waals surface area contributed by atoms with Crippen LogP contribution in [0.1, 0.15) is 35.0 Å². The summed E-state index contributed by atoms with van der Waals surface area (Å²) >= 11 is 8.01. The zero-order valence-corrected chi connectivity index (χ0v) is 12.9. The molecule has 20 heavy (non-hydrogen) atoms. The maximum Gasteiger partial charge on any atom is 0.161 e. The number of nitrogens with zero attached hydrogens (tertiary/aromatic N) is 1. The normalized spacial score (nSPS) is 14.3. The number of benzene rings is 1. The lowest BCUT2D eigenvalue weighted by Crippen LogP contribution is -2.24. The number of Topliss-reactive ketones (excluding diaryl/α,β-unsaturated/α-hetero) is 1. The van der Waals surface area contributed by atoms with Crippen molar-refractivity contribution in [1.82, 2.24) is 0 Å². The van der Waals surface area contributed by atoms with Crippen molar-refractivity contribution in [3.63, 3.8) is 0 Å². The lowest BCUT2D eigenvalue weighted by atomic mass is 10.1. The molecule has 1 heterocycles. The predicted octanol–water partition coefficient (Wildman–Crippen LogP) is 4.77. The van der Waals surface area contributed by atoms with Crippen LogP contribution in [0.25, 0.3) is 0 Å². The molecule has 1 aromatic heterocycles. The zero-order chi connectivity index (χ0) is 14.1. The molecule has 1 aliphatic rings. The van der Waals surface area contributed by atoms with Crippen molar-refractivity contribution in [3.8, 4) is 0 Å². The van der Waals surface area contributed by atoms with Crippen molar-refractivity contribution in [3.05, 3.63) is 51.2 Å². The van der Waals surface area contributed by atoms with Gasteiger partial charge in [-0.15, -0.1) is 11.3 Å².